The summed E-state index contributed by atoms with van der Waals surface area (Å²) in [7, 11) is 1.56. The molecule has 1 atom stereocenters. The van der Waals surface area contributed by atoms with E-state index in [1.54, 1.807) is 43.2 Å². The Morgan fingerprint density at radius 3 is 2.67 bits per heavy atom. The van der Waals surface area contributed by atoms with Gasteiger partial charge in [-0.05, 0) is 36.1 Å². The van der Waals surface area contributed by atoms with Gasteiger partial charge in [-0.2, -0.15) is 9.78 Å². The number of aryl methyl sites for hydroxylation is 1. The molecule has 6 rings (SSSR count). The fourth-order valence-electron chi connectivity index (χ4n) is 5.02. The Morgan fingerprint density at radius 2 is 1.93 bits per heavy atom. The molecule has 1 aliphatic rings. The van der Waals surface area contributed by atoms with Crippen molar-refractivity contribution in [3.63, 3.8) is 0 Å². The maximum Gasteiger partial charge on any atom is 0.256 e. The second-order valence-corrected chi connectivity index (χ2v) is 11.0. The van der Waals surface area contributed by atoms with Crippen LogP contribution in [0.4, 0.5) is 11.5 Å². The van der Waals surface area contributed by atoms with Crippen LogP contribution in [0.3, 0.4) is 0 Å². The van der Waals surface area contributed by atoms with E-state index in [0.29, 0.717) is 40.6 Å². The topological polar surface area (TPSA) is 122 Å². The van der Waals surface area contributed by atoms with Gasteiger partial charge < -0.3 is 15.0 Å². The number of H-pyrrole nitrogens is 1. The van der Waals surface area contributed by atoms with Gasteiger partial charge in [-0.15, -0.1) is 11.3 Å². The minimum atomic E-state index is -0.584. The Balaban J connectivity index is 1.29. The van der Waals surface area contributed by atoms with Crippen LogP contribution >= 0.6 is 11.3 Å². The van der Waals surface area contributed by atoms with Crippen LogP contribution in [-0.4, -0.2) is 45.2 Å². The standard InChI is InChI=1S/C31H28N6O4S/c1-19-24(14-20-8-4-3-5-9-20)30(40)34-31(32-19)37-27(17-25(35-37)26-12-7-13-42-26)33-29(39)21-15-28(38)36(18-21)22-10-6-11-23(16-22)41-2/h3-13,16-17,21H,14-15,18H2,1-2H3,(H,33,39)(H,32,34,40). The number of benzene rings is 2. The van der Waals surface area contributed by atoms with Crippen molar-refractivity contribution in [2.24, 2.45) is 5.92 Å². The molecule has 1 saturated heterocycles. The molecule has 2 aromatic carbocycles. The van der Waals surface area contributed by atoms with Crippen LogP contribution in [0.15, 0.2) is 83.0 Å². The quantitative estimate of drug-likeness (QED) is 0.277. The van der Waals surface area contributed by atoms with E-state index in [4.69, 9.17) is 4.74 Å². The van der Waals surface area contributed by atoms with Crippen molar-refractivity contribution in [1.29, 1.82) is 0 Å². The molecule has 5 aromatic rings. The molecule has 10 nitrogen and oxygen atoms in total. The number of aromatic amines is 1. The number of ether oxygens (including phenoxy) is 1. The molecule has 0 spiro atoms. The summed E-state index contributed by atoms with van der Waals surface area (Å²) in [4.78, 5) is 49.5. The zero-order valence-corrected chi connectivity index (χ0v) is 23.9. The summed E-state index contributed by atoms with van der Waals surface area (Å²) < 4.78 is 6.72. The average Bonchev–Trinajstić information content (AvgIpc) is 3.76. The van der Waals surface area contributed by atoms with Gasteiger partial charge in [0.2, 0.25) is 17.8 Å². The number of carbonyl (C=O) groups is 2. The molecule has 42 heavy (non-hydrogen) atoms. The number of hydrogen-bond acceptors (Lipinski definition) is 7. The predicted octanol–water partition coefficient (Wildman–Crippen LogP) is 4.58. The number of anilines is 2. The first-order valence-electron chi connectivity index (χ1n) is 13.4. The number of methoxy groups -OCH3 is 1. The molecular weight excluding hydrogens is 552 g/mol. The molecule has 2 amide bonds. The van der Waals surface area contributed by atoms with E-state index >= 15 is 0 Å². The third-order valence-electron chi connectivity index (χ3n) is 7.23. The van der Waals surface area contributed by atoms with Gasteiger partial charge in [0, 0.05) is 42.8 Å². The van der Waals surface area contributed by atoms with Gasteiger partial charge in [0.15, 0.2) is 0 Å². The summed E-state index contributed by atoms with van der Waals surface area (Å²) in [5.74, 6) is 0.102. The first kappa shape index (κ1) is 27.2. The molecule has 0 radical (unpaired) electrons. The number of thiophene rings is 1. The number of carbonyl (C=O) groups excluding carboxylic acids is 2. The lowest BCUT2D eigenvalue weighted by Crippen LogP contribution is -2.29. The number of nitrogens with zero attached hydrogens (tertiary/aromatic N) is 4. The third-order valence-corrected chi connectivity index (χ3v) is 8.12. The molecule has 0 bridgehead atoms. The first-order valence-corrected chi connectivity index (χ1v) is 14.3. The molecule has 11 heteroatoms. The summed E-state index contributed by atoms with van der Waals surface area (Å²) in [6, 6.07) is 22.5. The van der Waals surface area contributed by atoms with E-state index in [-0.39, 0.29) is 36.3 Å². The lowest BCUT2D eigenvalue weighted by molar-refractivity contribution is -0.122. The van der Waals surface area contributed by atoms with E-state index in [2.05, 4.69) is 20.4 Å². The van der Waals surface area contributed by atoms with Crippen LogP contribution < -0.4 is 20.5 Å². The minimum absolute atomic E-state index is 0.0668. The highest BCUT2D eigenvalue weighted by atomic mass is 32.1. The van der Waals surface area contributed by atoms with E-state index in [9.17, 15) is 14.4 Å². The fraction of sp³-hybridized carbons (Fsp3) is 0.194. The highest BCUT2D eigenvalue weighted by Gasteiger charge is 2.36. The predicted molar refractivity (Wildman–Crippen MR) is 161 cm³/mol. The van der Waals surface area contributed by atoms with Gasteiger partial charge in [0.1, 0.15) is 17.3 Å². The van der Waals surface area contributed by atoms with Crippen LogP contribution in [0.5, 0.6) is 5.75 Å². The summed E-state index contributed by atoms with van der Waals surface area (Å²) in [5.41, 5.74) is 3.15. The van der Waals surface area contributed by atoms with Crippen molar-refractivity contribution < 1.29 is 14.3 Å². The minimum Gasteiger partial charge on any atom is -0.497 e. The van der Waals surface area contributed by atoms with Crippen molar-refractivity contribution in [1.82, 2.24) is 19.7 Å². The largest absolute Gasteiger partial charge is 0.497 e. The monoisotopic (exact) mass is 580 g/mol. The number of aromatic nitrogens is 4. The summed E-state index contributed by atoms with van der Waals surface area (Å²) in [6.45, 7) is 2.02. The summed E-state index contributed by atoms with van der Waals surface area (Å²) in [5, 5.41) is 9.56. The van der Waals surface area contributed by atoms with E-state index in [1.807, 2.05) is 53.9 Å². The fourth-order valence-corrected chi connectivity index (χ4v) is 5.70. The van der Waals surface area contributed by atoms with Gasteiger partial charge in [0.05, 0.1) is 23.6 Å². The molecule has 1 aliphatic heterocycles. The van der Waals surface area contributed by atoms with Gasteiger partial charge in [-0.25, -0.2) is 4.98 Å². The van der Waals surface area contributed by atoms with E-state index < -0.39 is 5.92 Å². The summed E-state index contributed by atoms with van der Waals surface area (Å²) in [6.07, 6.45) is 0.509. The maximum atomic E-state index is 13.5. The zero-order chi connectivity index (χ0) is 29.2. The Bertz CT molecular complexity index is 1810. The number of rotatable bonds is 8. The van der Waals surface area contributed by atoms with Crippen molar-refractivity contribution in [3.8, 4) is 22.3 Å². The highest BCUT2D eigenvalue weighted by Crippen LogP contribution is 2.31. The van der Waals surface area contributed by atoms with Crippen molar-refractivity contribution in [3.05, 3.63) is 105 Å². The first-order chi connectivity index (χ1) is 20.4. The van der Waals surface area contributed by atoms with Crippen LogP contribution in [0, 0.1) is 12.8 Å². The van der Waals surface area contributed by atoms with Crippen molar-refractivity contribution >= 4 is 34.7 Å². The van der Waals surface area contributed by atoms with E-state index in [1.165, 1.54) is 16.0 Å². The molecule has 212 valence electrons. The SMILES string of the molecule is COc1cccc(N2CC(C(=O)Nc3cc(-c4cccs4)nn3-c3nc(C)c(Cc4ccccc4)c(=O)[nH]3)CC2=O)c1. The zero-order valence-electron chi connectivity index (χ0n) is 23.0. The number of amides is 2. The Labute approximate surface area is 245 Å². The Hall–Kier alpha value is -5.03. The average molecular weight is 581 g/mol. The van der Waals surface area contributed by atoms with Crippen LogP contribution in [0.2, 0.25) is 0 Å². The summed E-state index contributed by atoms with van der Waals surface area (Å²) >= 11 is 1.51. The molecule has 2 N–H and O–H groups in total. The number of nitrogens with one attached hydrogen (secondary N) is 2. The maximum absolute atomic E-state index is 13.5. The third kappa shape index (κ3) is 5.46. The Kier molecular flexibility index (Phi) is 7.41. The lowest BCUT2D eigenvalue weighted by atomic mass is 10.1. The van der Waals surface area contributed by atoms with Gasteiger partial charge >= 0.3 is 0 Å². The second kappa shape index (κ2) is 11.5. The van der Waals surface area contributed by atoms with Gasteiger partial charge in [0.25, 0.3) is 5.56 Å². The van der Waals surface area contributed by atoms with Crippen molar-refractivity contribution in [2.45, 2.75) is 19.8 Å². The lowest BCUT2D eigenvalue weighted by Gasteiger charge is -2.17. The molecule has 0 aliphatic carbocycles. The van der Waals surface area contributed by atoms with Crippen molar-refractivity contribution in [2.75, 3.05) is 23.9 Å². The second-order valence-electron chi connectivity index (χ2n) is 10.0. The smallest absolute Gasteiger partial charge is 0.256 e. The molecule has 0 saturated carbocycles. The van der Waals surface area contributed by atoms with E-state index in [0.717, 1.165) is 10.4 Å². The normalized spacial score (nSPS) is 14.8. The molecule has 4 heterocycles. The van der Waals surface area contributed by atoms with Crippen LogP contribution in [0.1, 0.15) is 23.2 Å². The molecule has 1 fully saturated rings. The Morgan fingerprint density at radius 1 is 1.10 bits per heavy atom. The molecular formula is C31H28N6O4S. The molecule has 3 aromatic heterocycles. The van der Waals surface area contributed by atoms with Gasteiger partial charge in [-0.1, -0.05) is 42.5 Å². The van der Waals surface area contributed by atoms with Gasteiger partial charge in [-0.3, -0.25) is 19.4 Å². The molecule has 1 unspecified atom stereocenters. The van der Waals surface area contributed by atoms with Crippen LogP contribution in [-0.2, 0) is 16.0 Å². The highest BCUT2D eigenvalue weighted by molar-refractivity contribution is 7.13. The van der Waals surface area contributed by atoms with Crippen LogP contribution in [0.25, 0.3) is 16.5 Å². The number of hydrogen-bond donors (Lipinski definition) is 2.